The van der Waals surface area contributed by atoms with Crippen molar-refractivity contribution in [3.05, 3.63) is 29.8 Å². The fourth-order valence-corrected chi connectivity index (χ4v) is 3.11. The number of carbonyl (C=O) groups excluding carboxylic acids is 1. The van der Waals surface area contributed by atoms with Crippen LogP contribution in [-0.2, 0) is 11.2 Å². The lowest BCUT2D eigenvalue weighted by molar-refractivity contribution is -0.134. The summed E-state index contributed by atoms with van der Waals surface area (Å²) < 4.78 is 0. The zero-order valence-corrected chi connectivity index (χ0v) is 12.9. The Morgan fingerprint density at radius 1 is 1.33 bits per heavy atom. The highest BCUT2D eigenvalue weighted by Gasteiger charge is 2.26. The smallest absolute Gasteiger partial charge is 0.239 e. The Labute approximate surface area is 130 Å². The average Bonchev–Trinajstić information content (AvgIpc) is 2.50. The predicted octanol–water partition coefficient (Wildman–Crippen LogP) is 2.13. The van der Waals surface area contributed by atoms with Crippen LogP contribution in [0.3, 0.4) is 0 Å². The first-order valence-electron chi connectivity index (χ1n) is 7.48. The molecular formula is C16H23ClN2O2. The molecule has 0 spiro atoms. The van der Waals surface area contributed by atoms with Crippen LogP contribution in [0.15, 0.2) is 24.3 Å². The molecule has 0 aliphatic carbocycles. The Kier molecular flexibility index (Phi) is 5.88. The third-order valence-corrected chi connectivity index (χ3v) is 4.37. The molecule has 2 rings (SSSR count). The van der Waals surface area contributed by atoms with E-state index in [1.54, 1.807) is 24.3 Å². The minimum absolute atomic E-state index is 0.0207. The van der Waals surface area contributed by atoms with Gasteiger partial charge in [0, 0.05) is 19.0 Å². The number of carbonyl (C=O) groups is 1. The molecule has 1 atom stereocenters. The molecule has 1 aromatic rings. The molecule has 1 aromatic carbocycles. The molecular weight excluding hydrogens is 288 g/mol. The second-order valence-corrected chi connectivity index (χ2v) is 6.10. The summed E-state index contributed by atoms with van der Waals surface area (Å²) in [5.41, 5.74) is 7.00. The first-order valence-corrected chi connectivity index (χ1v) is 8.02. The maximum atomic E-state index is 12.4. The summed E-state index contributed by atoms with van der Waals surface area (Å²) in [5.74, 6) is 1.58. The number of likely N-dealkylation sites (tertiary alicyclic amines) is 1. The van der Waals surface area contributed by atoms with Crippen molar-refractivity contribution in [1.29, 1.82) is 0 Å². The Bertz CT molecular complexity index is 456. The van der Waals surface area contributed by atoms with Gasteiger partial charge in [0.2, 0.25) is 5.91 Å². The third kappa shape index (κ3) is 4.61. The molecule has 1 saturated heterocycles. The van der Waals surface area contributed by atoms with Crippen LogP contribution in [0.1, 0.15) is 24.8 Å². The summed E-state index contributed by atoms with van der Waals surface area (Å²) in [6.07, 6.45) is 3.57. The zero-order chi connectivity index (χ0) is 15.2. The van der Waals surface area contributed by atoms with Crippen LogP contribution in [0.4, 0.5) is 0 Å². The summed E-state index contributed by atoms with van der Waals surface area (Å²) >= 11 is 5.77. The van der Waals surface area contributed by atoms with E-state index >= 15 is 0 Å². The quantitative estimate of drug-likeness (QED) is 0.819. The molecule has 4 nitrogen and oxygen atoms in total. The standard InChI is InChI=1S/C16H23ClN2O2/c17-8-5-12-6-9-19(10-7-12)16(21)15(18)11-13-1-3-14(20)4-2-13/h1-4,12,15,20H,5-11,18H2/t15-/m0/s1. The van der Waals surface area contributed by atoms with Crippen LogP contribution < -0.4 is 5.73 Å². The summed E-state index contributed by atoms with van der Waals surface area (Å²) in [4.78, 5) is 14.2. The zero-order valence-electron chi connectivity index (χ0n) is 12.2. The molecule has 0 aromatic heterocycles. The van der Waals surface area contributed by atoms with Gasteiger partial charge < -0.3 is 15.7 Å². The van der Waals surface area contributed by atoms with Crippen molar-refractivity contribution in [2.45, 2.75) is 31.7 Å². The van der Waals surface area contributed by atoms with Gasteiger partial charge >= 0.3 is 0 Å². The number of nitrogens with two attached hydrogens (primary N) is 1. The summed E-state index contributed by atoms with van der Waals surface area (Å²) in [6, 6.07) is 6.32. The normalized spacial score (nSPS) is 17.7. The minimum atomic E-state index is -0.515. The number of amides is 1. The number of nitrogens with zero attached hydrogens (tertiary/aromatic N) is 1. The number of alkyl halides is 1. The van der Waals surface area contributed by atoms with Gasteiger partial charge in [-0.2, -0.15) is 0 Å². The van der Waals surface area contributed by atoms with E-state index in [2.05, 4.69) is 0 Å². The Morgan fingerprint density at radius 3 is 2.52 bits per heavy atom. The van der Waals surface area contributed by atoms with Gasteiger partial charge in [0.25, 0.3) is 0 Å². The molecule has 0 radical (unpaired) electrons. The van der Waals surface area contributed by atoms with Crippen molar-refractivity contribution in [1.82, 2.24) is 4.90 Å². The van der Waals surface area contributed by atoms with E-state index in [9.17, 15) is 9.90 Å². The minimum Gasteiger partial charge on any atom is -0.508 e. The highest BCUT2D eigenvalue weighted by Crippen LogP contribution is 2.21. The molecule has 21 heavy (non-hydrogen) atoms. The maximum absolute atomic E-state index is 12.4. The van der Waals surface area contributed by atoms with E-state index in [-0.39, 0.29) is 11.7 Å². The molecule has 116 valence electrons. The van der Waals surface area contributed by atoms with Crippen LogP contribution in [-0.4, -0.2) is 40.9 Å². The lowest BCUT2D eigenvalue weighted by atomic mass is 9.93. The third-order valence-electron chi connectivity index (χ3n) is 4.15. The average molecular weight is 311 g/mol. The SMILES string of the molecule is N[C@@H](Cc1ccc(O)cc1)C(=O)N1CCC(CCCl)CC1. The van der Waals surface area contributed by atoms with Crippen molar-refractivity contribution in [2.24, 2.45) is 11.7 Å². The van der Waals surface area contributed by atoms with E-state index in [0.717, 1.165) is 37.9 Å². The van der Waals surface area contributed by atoms with Crippen molar-refractivity contribution in [2.75, 3.05) is 19.0 Å². The molecule has 5 heteroatoms. The fourth-order valence-electron chi connectivity index (χ4n) is 2.80. The number of hydrogen-bond acceptors (Lipinski definition) is 3. The topological polar surface area (TPSA) is 66.6 Å². The van der Waals surface area contributed by atoms with Crippen LogP contribution in [0.5, 0.6) is 5.75 Å². The number of hydrogen-bond donors (Lipinski definition) is 2. The summed E-state index contributed by atoms with van der Waals surface area (Å²) in [5, 5.41) is 9.26. The highest BCUT2D eigenvalue weighted by molar-refractivity contribution is 6.17. The first kappa shape index (κ1) is 16.1. The van der Waals surface area contributed by atoms with E-state index in [1.807, 2.05) is 4.90 Å². The number of phenols is 1. The van der Waals surface area contributed by atoms with Gasteiger partial charge in [-0.15, -0.1) is 11.6 Å². The molecule has 0 unspecified atom stereocenters. The second-order valence-electron chi connectivity index (χ2n) is 5.72. The molecule has 0 bridgehead atoms. The molecule has 1 aliphatic heterocycles. The van der Waals surface area contributed by atoms with E-state index in [4.69, 9.17) is 17.3 Å². The Hall–Kier alpha value is -1.26. The first-order chi connectivity index (χ1) is 10.1. The Morgan fingerprint density at radius 2 is 1.95 bits per heavy atom. The lowest BCUT2D eigenvalue weighted by Gasteiger charge is -2.33. The fraction of sp³-hybridized carbons (Fsp3) is 0.562. The van der Waals surface area contributed by atoms with Crippen molar-refractivity contribution < 1.29 is 9.90 Å². The molecule has 1 aliphatic rings. The molecule has 1 fully saturated rings. The van der Waals surface area contributed by atoms with E-state index in [1.165, 1.54) is 0 Å². The number of phenolic OH excluding ortho intramolecular Hbond substituents is 1. The lowest BCUT2D eigenvalue weighted by Crippen LogP contribution is -2.48. The second kappa shape index (κ2) is 7.66. The van der Waals surface area contributed by atoms with Crippen LogP contribution in [0.2, 0.25) is 0 Å². The van der Waals surface area contributed by atoms with Gasteiger partial charge in [-0.25, -0.2) is 0 Å². The van der Waals surface area contributed by atoms with Gasteiger partial charge in [-0.3, -0.25) is 4.79 Å². The highest BCUT2D eigenvalue weighted by atomic mass is 35.5. The number of halogens is 1. The molecule has 1 heterocycles. The predicted molar refractivity (Wildman–Crippen MR) is 84.4 cm³/mol. The van der Waals surface area contributed by atoms with Gasteiger partial charge in [-0.05, 0) is 49.3 Å². The van der Waals surface area contributed by atoms with Gasteiger partial charge in [0.05, 0.1) is 6.04 Å². The maximum Gasteiger partial charge on any atom is 0.239 e. The van der Waals surface area contributed by atoms with Crippen LogP contribution in [0, 0.1) is 5.92 Å². The number of piperidine rings is 1. The molecule has 0 saturated carbocycles. The van der Waals surface area contributed by atoms with Gasteiger partial charge in [0.15, 0.2) is 0 Å². The van der Waals surface area contributed by atoms with Gasteiger partial charge in [0.1, 0.15) is 5.75 Å². The van der Waals surface area contributed by atoms with E-state index < -0.39 is 6.04 Å². The monoisotopic (exact) mass is 310 g/mol. The summed E-state index contributed by atoms with van der Waals surface area (Å²) in [7, 11) is 0. The molecule has 1 amide bonds. The molecule has 3 N–H and O–H groups in total. The number of rotatable bonds is 5. The van der Waals surface area contributed by atoms with Crippen LogP contribution >= 0.6 is 11.6 Å². The van der Waals surface area contributed by atoms with Gasteiger partial charge in [-0.1, -0.05) is 12.1 Å². The van der Waals surface area contributed by atoms with Crippen molar-refractivity contribution in [3.8, 4) is 5.75 Å². The number of aromatic hydroxyl groups is 1. The van der Waals surface area contributed by atoms with Crippen LogP contribution in [0.25, 0.3) is 0 Å². The van der Waals surface area contributed by atoms with Crippen molar-refractivity contribution in [3.63, 3.8) is 0 Å². The number of benzene rings is 1. The largest absolute Gasteiger partial charge is 0.508 e. The van der Waals surface area contributed by atoms with E-state index in [0.29, 0.717) is 18.2 Å². The van der Waals surface area contributed by atoms with Crippen molar-refractivity contribution >= 4 is 17.5 Å². The summed E-state index contributed by atoms with van der Waals surface area (Å²) in [6.45, 7) is 1.56. The Balaban J connectivity index is 1.84.